The van der Waals surface area contributed by atoms with Crippen LogP contribution in [0.4, 0.5) is 0 Å². The van der Waals surface area contributed by atoms with Gasteiger partial charge in [0.25, 0.3) is 5.56 Å². The highest BCUT2D eigenvalue weighted by Crippen LogP contribution is 2.41. The lowest BCUT2D eigenvalue weighted by molar-refractivity contribution is -0.143. The maximum Gasteiger partial charge on any atom is 0.326 e. The van der Waals surface area contributed by atoms with Crippen LogP contribution >= 0.6 is 0 Å². The molecular weight excluding hydrogens is 412 g/mol. The maximum atomic E-state index is 12.9. The molecule has 0 saturated heterocycles. The number of nitrogens with zero attached hydrogens (tertiary/aromatic N) is 3. The topological polar surface area (TPSA) is 114 Å². The van der Waals surface area contributed by atoms with Gasteiger partial charge in [-0.05, 0) is 37.1 Å². The molecule has 2 N–H and O–H groups in total. The second-order valence-corrected chi connectivity index (χ2v) is 7.99. The molecule has 0 unspecified atom stereocenters. The zero-order chi connectivity index (χ0) is 23.5. The molecule has 1 aliphatic carbocycles. The van der Waals surface area contributed by atoms with Gasteiger partial charge in [-0.3, -0.25) is 14.5 Å². The third-order valence-electron chi connectivity index (χ3n) is 6.12. The molecular formula is C23H30N4O5. The Labute approximate surface area is 187 Å². The molecule has 0 spiro atoms. The molecule has 172 valence electrons. The van der Waals surface area contributed by atoms with Gasteiger partial charge in [-0.25, -0.2) is 9.48 Å². The molecule has 1 aromatic heterocycles. The van der Waals surface area contributed by atoms with Crippen molar-refractivity contribution in [2.45, 2.75) is 44.7 Å². The van der Waals surface area contributed by atoms with Crippen molar-refractivity contribution in [1.29, 1.82) is 0 Å². The third kappa shape index (κ3) is 4.52. The first-order valence-corrected chi connectivity index (χ1v) is 10.8. The second-order valence-electron chi connectivity index (χ2n) is 7.99. The highest BCUT2D eigenvalue weighted by molar-refractivity contribution is 5.92. The quantitative estimate of drug-likeness (QED) is 0.572. The molecule has 1 saturated carbocycles. The van der Waals surface area contributed by atoms with Crippen LogP contribution in [0.5, 0.6) is 5.75 Å². The first kappa shape index (κ1) is 23.5. The molecule has 1 amide bonds. The van der Waals surface area contributed by atoms with Crippen LogP contribution in [0.25, 0.3) is 11.1 Å². The summed E-state index contributed by atoms with van der Waals surface area (Å²) < 4.78 is 6.50. The fraction of sp³-hybridized carbons (Fsp3) is 0.478. The highest BCUT2D eigenvalue weighted by atomic mass is 16.5. The van der Waals surface area contributed by atoms with E-state index in [4.69, 9.17) is 4.74 Å². The van der Waals surface area contributed by atoms with Crippen molar-refractivity contribution in [2.24, 2.45) is 7.05 Å². The molecule has 1 heterocycles. The number of aryl methyl sites for hydroxylation is 1. The van der Waals surface area contributed by atoms with E-state index in [0.29, 0.717) is 16.9 Å². The van der Waals surface area contributed by atoms with Gasteiger partial charge in [0, 0.05) is 13.5 Å². The number of hydrogen-bond donors (Lipinski definition) is 2. The van der Waals surface area contributed by atoms with Crippen LogP contribution in [-0.4, -0.2) is 63.4 Å². The summed E-state index contributed by atoms with van der Waals surface area (Å²) in [5, 5.41) is 16.4. The van der Waals surface area contributed by atoms with Gasteiger partial charge in [0.15, 0.2) is 5.75 Å². The van der Waals surface area contributed by atoms with Crippen LogP contribution in [0.3, 0.4) is 0 Å². The van der Waals surface area contributed by atoms with E-state index in [2.05, 4.69) is 15.3 Å². The van der Waals surface area contributed by atoms with Gasteiger partial charge in [-0.1, -0.05) is 38.1 Å². The summed E-state index contributed by atoms with van der Waals surface area (Å²) in [6.45, 7) is 5.47. The van der Waals surface area contributed by atoms with Gasteiger partial charge in [0.2, 0.25) is 5.91 Å². The van der Waals surface area contributed by atoms with Crippen molar-refractivity contribution in [1.82, 2.24) is 20.0 Å². The highest BCUT2D eigenvalue weighted by Gasteiger charge is 2.54. The van der Waals surface area contributed by atoms with E-state index in [1.165, 1.54) is 18.0 Å². The summed E-state index contributed by atoms with van der Waals surface area (Å²) >= 11 is 0. The third-order valence-corrected chi connectivity index (χ3v) is 6.12. The average Bonchev–Trinajstić information content (AvgIpc) is 3.58. The number of methoxy groups -OCH3 is 1. The van der Waals surface area contributed by atoms with Crippen LogP contribution in [0.15, 0.2) is 35.3 Å². The minimum Gasteiger partial charge on any atom is -0.494 e. The molecule has 1 atom stereocenters. The summed E-state index contributed by atoms with van der Waals surface area (Å²) in [6.07, 6.45) is 3.10. The Balaban J connectivity index is 1.78. The number of carboxylic acids is 1. The van der Waals surface area contributed by atoms with Gasteiger partial charge >= 0.3 is 5.97 Å². The summed E-state index contributed by atoms with van der Waals surface area (Å²) in [7, 11) is 3.03. The van der Waals surface area contributed by atoms with Crippen molar-refractivity contribution in [3.8, 4) is 16.9 Å². The van der Waals surface area contributed by atoms with Crippen LogP contribution in [0.1, 0.15) is 32.3 Å². The van der Waals surface area contributed by atoms with Crippen LogP contribution in [-0.2, 0) is 23.1 Å². The number of rotatable bonds is 10. The Kier molecular flexibility index (Phi) is 6.98. The molecule has 2 aromatic rings. The van der Waals surface area contributed by atoms with Crippen molar-refractivity contribution in [3.05, 3.63) is 46.4 Å². The predicted molar refractivity (Wildman–Crippen MR) is 120 cm³/mol. The van der Waals surface area contributed by atoms with E-state index in [-0.39, 0.29) is 17.9 Å². The number of likely N-dealkylation sites (N-methyl/N-ethyl adjacent to an activating group) is 1. The van der Waals surface area contributed by atoms with Gasteiger partial charge < -0.3 is 15.2 Å². The van der Waals surface area contributed by atoms with E-state index >= 15 is 0 Å². The minimum absolute atomic E-state index is 0.140. The van der Waals surface area contributed by atoms with Crippen LogP contribution < -0.4 is 15.6 Å². The number of amides is 1. The zero-order valence-electron chi connectivity index (χ0n) is 18.9. The van der Waals surface area contributed by atoms with E-state index in [9.17, 15) is 19.5 Å². The molecule has 1 aromatic carbocycles. The first-order valence-electron chi connectivity index (χ1n) is 10.8. The lowest BCUT2D eigenvalue weighted by Crippen LogP contribution is -2.54. The Morgan fingerprint density at radius 2 is 1.88 bits per heavy atom. The number of aromatic nitrogens is 2. The summed E-state index contributed by atoms with van der Waals surface area (Å²) in [5.41, 5.74) is 0.884. The van der Waals surface area contributed by atoms with Gasteiger partial charge in [0.05, 0.1) is 18.9 Å². The second kappa shape index (κ2) is 9.52. The molecule has 1 fully saturated rings. The van der Waals surface area contributed by atoms with Gasteiger partial charge in [0.1, 0.15) is 11.6 Å². The van der Waals surface area contributed by atoms with Crippen molar-refractivity contribution >= 4 is 11.9 Å². The summed E-state index contributed by atoms with van der Waals surface area (Å²) in [5.74, 6) is -0.944. The molecule has 0 aliphatic heterocycles. The summed E-state index contributed by atoms with van der Waals surface area (Å²) in [6, 6.07) is 5.97. The van der Waals surface area contributed by atoms with E-state index in [1.807, 2.05) is 13.8 Å². The maximum absolute atomic E-state index is 12.9. The number of hydrogen-bond acceptors (Lipinski definition) is 6. The monoisotopic (exact) mass is 442 g/mol. The molecule has 32 heavy (non-hydrogen) atoms. The predicted octanol–water partition coefficient (Wildman–Crippen LogP) is 1.44. The fourth-order valence-electron chi connectivity index (χ4n) is 4.11. The first-order chi connectivity index (χ1) is 15.3. The number of aliphatic carboxylic acids is 1. The van der Waals surface area contributed by atoms with Gasteiger partial charge in [-0.15, -0.1) is 0 Å². The van der Waals surface area contributed by atoms with E-state index in [1.54, 1.807) is 31.3 Å². The molecule has 9 nitrogen and oxygen atoms in total. The number of carbonyl (C=O) groups is 2. The SMILES string of the molecule is CCN(CC)C1(C(=O)N[C@@H](Cc2ccc(-c3c(OC)cnn(C)c3=O)cc2)C(=O)O)CC1. The van der Waals surface area contributed by atoms with Crippen molar-refractivity contribution in [2.75, 3.05) is 20.2 Å². The Morgan fingerprint density at radius 3 is 2.38 bits per heavy atom. The average molecular weight is 443 g/mol. The number of nitrogens with one attached hydrogen (secondary N) is 1. The lowest BCUT2D eigenvalue weighted by Gasteiger charge is -2.29. The normalized spacial score (nSPS) is 15.3. The van der Waals surface area contributed by atoms with Crippen molar-refractivity contribution in [3.63, 3.8) is 0 Å². The van der Waals surface area contributed by atoms with Crippen LogP contribution in [0.2, 0.25) is 0 Å². The van der Waals surface area contributed by atoms with E-state index in [0.717, 1.165) is 31.5 Å². The number of carboxylic acid groups (broad SMARTS) is 1. The molecule has 0 bridgehead atoms. The Morgan fingerprint density at radius 1 is 1.25 bits per heavy atom. The Hall–Kier alpha value is -3.20. The van der Waals surface area contributed by atoms with Crippen molar-refractivity contribution < 1.29 is 19.4 Å². The Bertz CT molecular complexity index is 1040. The molecule has 0 radical (unpaired) electrons. The van der Waals surface area contributed by atoms with Crippen LogP contribution in [0, 0.1) is 0 Å². The minimum atomic E-state index is -1.08. The number of benzene rings is 1. The lowest BCUT2D eigenvalue weighted by atomic mass is 10.0. The molecule has 1 aliphatic rings. The zero-order valence-corrected chi connectivity index (χ0v) is 18.9. The number of carbonyl (C=O) groups excluding carboxylic acids is 1. The fourth-order valence-corrected chi connectivity index (χ4v) is 4.11. The van der Waals surface area contributed by atoms with Gasteiger partial charge in [-0.2, -0.15) is 5.10 Å². The largest absolute Gasteiger partial charge is 0.494 e. The number of ether oxygens (including phenoxy) is 1. The summed E-state index contributed by atoms with van der Waals surface area (Å²) in [4.78, 5) is 39.4. The van der Waals surface area contributed by atoms with E-state index < -0.39 is 17.6 Å². The smallest absolute Gasteiger partial charge is 0.326 e. The standard InChI is InChI=1S/C23H30N4O5/c1-5-27(6-2)23(11-12-23)22(31)25-17(21(29)30)13-15-7-9-16(10-8-15)19-18(32-4)14-24-26(3)20(19)28/h7-10,14,17H,5-6,11-13H2,1-4H3,(H,25,31)(H,29,30)/t17-/m0/s1. The molecule has 9 heteroatoms. The molecule has 3 rings (SSSR count).